The molecule has 0 unspecified atom stereocenters. The Morgan fingerprint density at radius 3 is 2.00 bits per heavy atom. The standard InChI is InChI=1S/C19H22O3/c1-4-7-18(14-8-5-10-16(12-14)21-2)19(20)15-9-6-11-17(13-15)22-3/h4-13,18-20H,1-3H3/b7-4+/t18-,19+/m1/s1. The number of methoxy groups -OCH3 is 2. The van der Waals surface area contributed by atoms with Crippen molar-refractivity contribution in [3.05, 3.63) is 71.8 Å². The van der Waals surface area contributed by atoms with Crippen molar-refractivity contribution in [2.45, 2.75) is 18.9 Å². The van der Waals surface area contributed by atoms with E-state index in [9.17, 15) is 5.11 Å². The van der Waals surface area contributed by atoms with Gasteiger partial charge < -0.3 is 14.6 Å². The van der Waals surface area contributed by atoms with Gasteiger partial charge in [0.2, 0.25) is 0 Å². The van der Waals surface area contributed by atoms with E-state index >= 15 is 0 Å². The normalized spacial score (nSPS) is 13.8. The van der Waals surface area contributed by atoms with E-state index in [1.54, 1.807) is 14.2 Å². The van der Waals surface area contributed by atoms with Gasteiger partial charge in [-0.2, -0.15) is 0 Å². The van der Waals surface area contributed by atoms with Crippen LogP contribution < -0.4 is 9.47 Å². The third-order valence-electron chi connectivity index (χ3n) is 3.65. The van der Waals surface area contributed by atoms with Gasteiger partial charge in [-0.05, 0) is 42.3 Å². The number of aliphatic hydroxyl groups excluding tert-OH is 1. The molecule has 2 atom stereocenters. The highest BCUT2D eigenvalue weighted by molar-refractivity contribution is 5.37. The number of hydrogen-bond acceptors (Lipinski definition) is 3. The summed E-state index contributed by atoms with van der Waals surface area (Å²) in [5.41, 5.74) is 1.83. The SMILES string of the molecule is C/C=C/[C@H](c1cccc(OC)c1)[C@@H](O)c1cccc(OC)c1. The van der Waals surface area contributed by atoms with Gasteiger partial charge in [0, 0.05) is 5.92 Å². The Bertz CT molecular complexity index is 634. The van der Waals surface area contributed by atoms with Crippen LogP contribution in [0.4, 0.5) is 0 Å². The average Bonchev–Trinajstić information content (AvgIpc) is 2.59. The van der Waals surface area contributed by atoms with Crippen molar-refractivity contribution < 1.29 is 14.6 Å². The summed E-state index contributed by atoms with van der Waals surface area (Å²) in [6, 6.07) is 15.3. The van der Waals surface area contributed by atoms with Crippen LogP contribution in [-0.2, 0) is 0 Å². The van der Waals surface area contributed by atoms with Gasteiger partial charge >= 0.3 is 0 Å². The van der Waals surface area contributed by atoms with Crippen LogP contribution in [0.25, 0.3) is 0 Å². The first kappa shape index (κ1) is 16.1. The molecule has 2 aromatic rings. The van der Waals surface area contributed by atoms with Crippen molar-refractivity contribution in [1.82, 2.24) is 0 Å². The fraction of sp³-hybridized carbons (Fsp3) is 0.263. The predicted octanol–water partition coefficient (Wildman–Crippen LogP) is 4.10. The highest BCUT2D eigenvalue weighted by atomic mass is 16.5. The molecule has 0 saturated carbocycles. The third-order valence-corrected chi connectivity index (χ3v) is 3.65. The maximum Gasteiger partial charge on any atom is 0.119 e. The summed E-state index contributed by atoms with van der Waals surface area (Å²) in [5.74, 6) is 1.37. The van der Waals surface area contributed by atoms with Crippen LogP contribution in [0, 0.1) is 0 Å². The van der Waals surface area contributed by atoms with Crippen LogP contribution >= 0.6 is 0 Å². The Hall–Kier alpha value is -2.26. The molecule has 1 N–H and O–H groups in total. The minimum Gasteiger partial charge on any atom is -0.497 e. The Labute approximate surface area is 131 Å². The molecule has 2 rings (SSSR count). The number of ether oxygens (including phenoxy) is 2. The fourth-order valence-corrected chi connectivity index (χ4v) is 2.49. The second-order valence-corrected chi connectivity index (χ2v) is 5.05. The Morgan fingerprint density at radius 2 is 1.45 bits per heavy atom. The predicted molar refractivity (Wildman–Crippen MR) is 88.5 cm³/mol. The molecular weight excluding hydrogens is 276 g/mol. The van der Waals surface area contributed by atoms with E-state index < -0.39 is 6.10 Å². The van der Waals surface area contributed by atoms with Crippen molar-refractivity contribution in [2.24, 2.45) is 0 Å². The second kappa shape index (κ2) is 7.66. The Balaban J connectivity index is 2.37. The summed E-state index contributed by atoms with van der Waals surface area (Å²) in [7, 11) is 3.26. The first-order chi connectivity index (χ1) is 10.7. The van der Waals surface area contributed by atoms with E-state index in [0.717, 1.165) is 22.6 Å². The molecule has 0 aromatic heterocycles. The minimum absolute atomic E-state index is 0.146. The molecule has 0 fully saturated rings. The van der Waals surface area contributed by atoms with Crippen LogP contribution in [0.1, 0.15) is 30.1 Å². The average molecular weight is 298 g/mol. The van der Waals surface area contributed by atoms with E-state index in [2.05, 4.69) is 0 Å². The molecule has 0 radical (unpaired) electrons. The van der Waals surface area contributed by atoms with Crippen LogP contribution in [-0.4, -0.2) is 19.3 Å². The first-order valence-corrected chi connectivity index (χ1v) is 7.28. The van der Waals surface area contributed by atoms with Gasteiger partial charge in [0.25, 0.3) is 0 Å². The van der Waals surface area contributed by atoms with E-state index in [0.29, 0.717) is 0 Å². The molecule has 0 bridgehead atoms. The lowest BCUT2D eigenvalue weighted by molar-refractivity contribution is 0.161. The van der Waals surface area contributed by atoms with Crippen LogP contribution in [0.3, 0.4) is 0 Å². The van der Waals surface area contributed by atoms with Gasteiger partial charge in [-0.15, -0.1) is 0 Å². The van der Waals surface area contributed by atoms with Gasteiger partial charge in [-0.3, -0.25) is 0 Å². The van der Waals surface area contributed by atoms with Crippen molar-refractivity contribution in [3.8, 4) is 11.5 Å². The molecule has 3 heteroatoms. The summed E-state index contributed by atoms with van der Waals surface area (Å²) in [6.07, 6.45) is 3.30. The zero-order valence-corrected chi connectivity index (χ0v) is 13.2. The lowest BCUT2D eigenvalue weighted by atomic mass is 9.88. The molecular formula is C19H22O3. The highest BCUT2D eigenvalue weighted by Gasteiger charge is 2.21. The molecule has 0 amide bonds. The molecule has 0 aliphatic rings. The summed E-state index contributed by atoms with van der Waals surface area (Å²) in [6.45, 7) is 1.95. The molecule has 3 nitrogen and oxygen atoms in total. The number of benzene rings is 2. The monoisotopic (exact) mass is 298 g/mol. The minimum atomic E-state index is -0.654. The van der Waals surface area contributed by atoms with Crippen LogP contribution in [0.2, 0.25) is 0 Å². The smallest absolute Gasteiger partial charge is 0.119 e. The highest BCUT2D eigenvalue weighted by Crippen LogP contribution is 2.34. The maximum atomic E-state index is 10.8. The quantitative estimate of drug-likeness (QED) is 0.816. The van der Waals surface area contributed by atoms with E-state index in [1.807, 2.05) is 67.6 Å². The molecule has 2 aromatic carbocycles. The fourth-order valence-electron chi connectivity index (χ4n) is 2.49. The molecule has 22 heavy (non-hydrogen) atoms. The van der Waals surface area contributed by atoms with Crippen molar-refractivity contribution in [3.63, 3.8) is 0 Å². The molecule has 0 heterocycles. The summed E-state index contributed by atoms with van der Waals surface area (Å²) in [4.78, 5) is 0. The number of hydrogen-bond donors (Lipinski definition) is 1. The molecule has 0 aliphatic heterocycles. The number of aliphatic hydroxyl groups is 1. The zero-order valence-electron chi connectivity index (χ0n) is 13.2. The van der Waals surface area contributed by atoms with Gasteiger partial charge in [-0.25, -0.2) is 0 Å². The van der Waals surface area contributed by atoms with Crippen molar-refractivity contribution >= 4 is 0 Å². The van der Waals surface area contributed by atoms with Gasteiger partial charge in [-0.1, -0.05) is 36.4 Å². The Morgan fingerprint density at radius 1 is 0.909 bits per heavy atom. The number of rotatable bonds is 6. The van der Waals surface area contributed by atoms with Gasteiger partial charge in [0.15, 0.2) is 0 Å². The zero-order chi connectivity index (χ0) is 15.9. The van der Waals surface area contributed by atoms with E-state index in [-0.39, 0.29) is 5.92 Å². The Kier molecular flexibility index (Phi) is 5.61. The van der Waals surface area contributed by atoms with E-state index in [4.69, 9.17) is 9.47 Å². The van der Waals surface area contributed by atoms with E-state index in [1.165, 1.54) is 0 Å². The van der Waals surface area contributed by atoms with Crippen molar-refractivity contribution in [1.29, 1.82) is 0 Å². The lowest BCUT2D eigenvalue weighted by Crippen LogP contribution is -2.09. The second-order valence-electron chi connectivity index (χ2n) is 5.05. The number of allylic oxidation sites excluding steroid dienone is 1. The molecule has 0 aliphatic carbocycles. The topological polar surface area (TPSA) is 38.7 Å². The summed E-state index contributed by atoms with van der Waals surface area (Å²) in [5, 5.41) is 10.8. The maximum absolute atomic E-state index is 10.8. The summed E-state index contributed by atoms with van der Waals surface area (Å²) >= 11 is 0. The molecule has 0 saturated heterocycles. The van der Waals surface area contributed by atoms with Crippen LogP contribution in [0.5, 0.6) is 11.5 Å². The molecule has 0 spiro atoms. The molecule has 116 valence electrons. The summed E-state index contributed by atoms with van der Waals surface area (Å²) < 4.78 is 10.5. The largest absolute Gasteiger partial charge is 0.497 e. The van der Waals surface area contributed by atoms with Gasteiger partial charge in [0.1, 0.15) is 11.5 Å². The lowest BCUT2D eigenvalue weighted by Gasteiger charge is -2.21. The van der Waals surface area contributed by atoms with Crippen LogP contribution in [0.15, 0.2) is 60.7 Å². The first-order valence-electron chi connectivity index (χ1n) is 7.28. The van der Waals surface area contributed by atoms with Gasteiger partial charge in [0.05, 0.1) is 20.3 Å². The third kappa shape index (κ3) is 3.68. The van der Waals surface area contributed by atoms with Crippen molar-refractivity contribution in [2.75, 3.05) is 14.2 Å².